The van der Waals surface area contributed by atoms with Crippen molar-refractivity contribution in [2.45, 2.75) is 19.9 Å². The molecule has 3 aromatic rings. The Hall–Kier alpha value is -1.92. The number of nitrogens with zero attached hydrogens (tertiary/aromatic N) is 3. The van der Waals surface area contributed by atoms with Crippen LogP contribution >= 0.6 is 22.9 Å². The highest BCUT2D eigenvalue weighted by molar-refractivity contribution is 7.19. The first-order valence-corrected chi connectivity index (χ1v) is 7.61. The monoisotopic (exact) mass is 321 g/mol. The van der Waals surface area contributed by atoms with E-state index in [2.05, 4.69) is 16.4 Å². The third kappa shape index (κ3) is 2.64. The normalized spacial score (nSPS) is 11.1. The number of carboxylic acids is 1. The summed E-state index contributed by atoms with van der Waals surface area (Å²) in [4.78, 5) is 12.2. The first kappa shape index (κ1) is 14.0. The molecule has 1 aromatic carbocycles. The summed E-state index contributed by atoms with van der Waals surface area (Å²) >= 11 is 7.61. The van der Waals surface area contributed by atoms with Crippen LogP contribution in [0, 0.1) is 0 Å². The molecule has 7 heteroatoms. The number of aromatic nitrogens is 3. The maximum Gasteiger partial charge on any atom is 0.358 e. The van der Waals surface area contributed by atoms with Crippen molar-refractivity contribution >= 4 is 39.0 Å². The fourth-order valence-corrected chi connectivity index (χ4v) is 3.58. The van der Waals surface area contributed by atoms with E-state index in [-0.39, 0.29) is 5.69 Å². The number of fused-ring (bicyclic) bond motifs is 1. The molecule has 0 aliphatic rings. The maximum absolute atomic E-state index is 11.1. The molecule has 0 fully saturated rings. The first-order valence-electron chi connectivity index (χ1n) is 6.42. The van der Waals surface area contributed by atoms with Crippen molar-refractivity contribution in [1.29, 1.82) is 0 Å². The fraction of sp³-hybridized carbons (Fsp3) is 0.214. The average Bonchev–Trinajstić information content (AvgIpc) is 3.01. The van der Waals surface area contributed by atoms with Gasteiger partial charge in [-0.05, 0) is 30.0 Å². The van der Waals surface area contributed by atoms with Crippen LogP contribution in [0.25, 0.3) is 10.1 Å². The van der Waals surface area contributed by atoms with E-state index in [1.165, 1.54) is 0 Å². The Labute approximate surface area is 129 Å². The lowest BCUT2D eigenvalue weighted by atomic mass is 10.2. The predicted molar refractivity (Wildman–Crippen MR) is 82.3 cm³/mol. The summed E-state index contributed by atoms with van der Waals surface area (Å²) in [6, 6.07) is 7.83. The molecule has 0 aliphatic carbocycles. The molecule has 0 radical (unpaired) electrons. The third-order valence-corrected chi connectivity index (χ3v) is 4.53. The van der Waals surface area contributed by atoms with E-state index in [0.717, 1.165) is 15.0 Å². The molecule has 0 bridgehead atoms. The van der Waals surface area contributed by atoms with Gasteiger partial charge in [-0.2, -0.15) is 0 Å². The van der Waals surface area contributed by atoms with Gasteiger partial charge in [-0.3, -0.25) is 0 Å². The molecule has 3 rings (SSSR count). The van der Waals surface area contributed by atoms with E-state index in [1.807, 2.05) is 25.1 Å². The number of halogens is 1. The van der Waals surface area contributed by atoms with Crippen molar-refractivity contribution in [3.05, 3.63) is 45.6 Å². The van der Waals surface area contributed by atoms with E-state index >= 15 is 0 Å². The van der Waals surface area contributed by atoms with Gasteiger partial charge in [0.2, 0.25) is 0 Å². The Kier molecular flexibility index (Phi) is 3.65. The van der Waals surface area contributed by atoms with Crippen LogP contribution in [0.2, 0.25) is 5.02 Å². The Balaban J connectivity index is 1.96. The Morgan fingerprint density at radius 2 is 2.24 bits per heavy atom. The van der Waals surface area contributed by atoms with Gasteiger partial charge in [-0.1, -0.05) is 29.8 Å². The van der Waals surface area contributed by atoms with E-state index in [0.29, 0.717) is 23.7 Å². The Morgan fingerprint density at radius 1 is 1.43 bits per heavy atom. The van der Waals surface area contributed by atoms with Crippen LogP contribution in [-0.4, -0.2) is 26.1 Å². The van der Waals surface area contributed by atoms with Crippen LogP contribution < -0.4 is 0 Å². The van der Waals surface area contributed by atoms with Crippen molar-refractivity contribution in [1.82, 2.24) is 15.0 Å². The van der Waals surface area contributed by atoms with Gasteiger partial charge < -0.3 is 5.11 Å². The minimum Gasteiger partial charge on any atom is -0.476 e. The van der Waals surface area contributed by atoms with Crippen LogP contribution in [0.1, 0.15) is 28.0 Å². The van der Waals surface area contributed by atoms with Crippen LogP contribution in [-0.2, 0) is 13.0 Å². The zero-order valence-corrected chi connectivity index (χ0v) is 12.8. The molecule has 0 aliphatic heterocycles. The van der Waals surface area contributed by atoms with Gasteiger partial charge in [-0.15, -0.1) is 16.4 Å². The molecule has 2 heterocycles. The molecule has 0 amide bonds. The molecule has 0 saturated carbocycles. The number of carbonyl (C=O) groups is 1. The standard InChI is InChI=1S/C14H12ClN3O2S/c1-2-11-13(14(19)20)16-17-18(11)7-10-5-8-3-4-9(15)6-12(8)21-10/h3-6H,2,7H2,1H3,(H,19,20). The maximum atomic E-state index is 11.1. The number of aromatic carboxylic acids is 1. The second-order valence-corrected chi connectivity index (χ2v) is 6.20. The van der Waals surface area contributed by atoms with Crippen molar-refractivity contribution in [3.63, 3.8) is 0 Å². The summed E-state index contributed by atoms with van der Waals surface area (Å²) in [5.74, 6) is -1.04. The molecule has 21 heavy (non-hydrogen) atoms. The number of hydrogen-bond acceptors (Lipinski definition) is 4. The van der Waals surface area contributed by atoms with Crippen molar-refractivity contribution in [2.24, 2.45) is 0 Å². The number of rotatable bonds is 4. The molecule has 2 aromatic heterocycles. The van der Waals surface area contributed by atoms with Gasteiger partial charge in [-0.25, -0.2) is 9.48 Å². The molecular weight excluding hydrogens is 310 g/mol. The second-order valence-electron chi connectivity index (χ2n) is 4.60. The predicted octanol–water partition coefficient (Wildman–Crippen LogP) is 3.46. The minimum atomic E-state index is -1.04. The molecular formula is C14H12ClN3O2S. The van der Waals surface area contributed by atoms with Crippen molar-refractivity contribution < 1.29 is 9.90 Å². The molecule has 0 atom stereocenters. The highest BCUT2D eigenvalue weighted by atomic mass is 35.5. The Morgan fingerprint density at radius 3 is 2.95 bits per heavy atom. The van der Waals surface area contributed by atoms with E-state index in [9.17, 15) is 4.79 Å². The third-order valence-electron chi connectivity index (χ3n) is 3.21. The second kappa shape index (κ2) is 5.46. The van der Waals surface area contributed by atoms with Gasteiger partial charge >= 0.3 is 5.97 Å². The summed E-state index contributed by atoms with van der Waals surface area (Å²) < 4.78 is 2.75. The van der Waals surface area contributed by atoms with E-state index in [4.69, 9.17) is 16.7 Å². The van der Waals surface area contributed by atoms with Gasteiger partial charge in [0.25, 0.3) is 0 Å². The SMILES string of the molecule is CCc1c(C(=O)O)nnn1Cc1cc2ccc(Cl)cc2s1. The zero-order valence-electron chi connectivity index (χ0n) is 11.2. The van der Waals surface area contributed by atoms with Gasteiger partial charge in [0.05, 0.1) is 12.2 Å². The smallest absolute Gasteiger partial charge is 0.358 e. The van der Waals surface area contributed by atoms with Crippen molar-refractivity contribution in [3.8, 4) is 0 Å². The number of hydrogen-bond donors (Lipinski definition) is 1. The summed E-state index contributed by atoms with van der Waals surface area (Å²) in [5, 5.41) is 18.6. The molecule has 0 spiro atoms. The summed E-state index contributed by atoms with van der Waals surface area (Å²) in [6.45, 7) is 2.41. The lowest BCUT2D eigenvalue weighted by Gasteiger charge is -2.02. The molecule has 108 valence electrons. The van der Waals surface area contributed by atoms with Gasteiger partial charge in [0.15, 0.2) is 5.69 Å². The molecule has 0 saturated heterocycles. The summed E-state index contributed by atoms with van der Waals surface area (Å²) in [6.07, 6.45) is 0.575. The van der Waals surface area contributed by atoms with E-state index < -0.39 is 5.97 Å². The van der Waals surface area contributed by atoms with Gasteiger partial charge in [0.1, 0.15) is 0 Å². The van der Waals surface area contributed by atoms with Crippen LogP contribution in [0.3, 0.4) is 0 Å². The number of carboxylic acid groups (broad SMARTS) is 1. The van der Waals surface area contributed by atoms with Crippen molar-refractivity contribution in [2.75, 3.05) is 0 Å². The lowest BCUT2D eigenvalue weighted by molar-refractivity contribution is 0.0689. The largest absolute Gasteiger partial charge is 0.476 e. The fourth-order valence-electron chi connectivity index (χ4n) is 2.26. The zero-order chi connectivity index (χ0) is 15.0. The number of benzene rings is 1. The summed E-state index contributed by atoms with van der Waals surface area (Å²) in [5.41, 5.74) is 0.666. The molecule has 5 nitrogen and oxygen atoms in total. The van der Waals surface area contributed by atoms with Gasteiger partial charge in [0, 0.05) is 14.6 Å². The quantitative estimate of drug-likeness (QED) is 0.799. The molecule has 1 N–H and O–H groups in total. The van der Waals surface area contributed by atoms with E-state index in [1.54, 1.807) is 16.0 Å². The topological polar surface area (TPSA) is 68.0 Å². The van der Waals surface area contributed by atoms with Crippen LogP contribution in [0.15, 0.2) is 24.3 Å². The first-order chi connectivity index (χ1) is 10.1. The summed E-state index contributed by atoms with van der Waals surface area (Å²) in [7, 11) is 0. The highest BCUT2D eigenvalue weighted by Gasteiger charge is 2.17. The number of thiophene rings is 1. The van der Waals surface area contributed by atoms with Crippen LogP contribution in [0.5, 0.6) is 0 Å². The Bertz CT molecular complexity index is 825. The average molecular weight is 322 g/mol. The minimum absolute atomic E-state index is 0.0293. The highest BCUT2D eigenvalue weighted by Crippen LogP contribution is 2.29. The van der Waals surface area contributed by atoms with Crippen LogP contribution in [0.4, 0.5) is 0 Å². The molecule has 0 unspecified atom stereocenters. The lowest BCUT2D eigenvalue weighted by Crippen LogP contribution is -2.07.